The number of carbonyl (C=O) groups is 2. The minimum atomic E-state index is -1.01. The Morgan fingerprint density at radius 2 is 1.67 bits per heavy atom. The van der Waals surface area contributed by atoms with Crippen LogP contribution in [0.1, 0.15) is 59.3 Å². The molecule has 4 rings (SSSR count). The Balaban J connectivity index is 1.73. The van der Waals surface area contributed by atoms with Crippen molar-refractivity contribution in [3.8, 4) is 0 Å². The zero-order valence-corrected chi connectivity index (χ0v) is 13.2. The van der Waals surface area contributed by atoms with E-state index in [0.29, 0.717) is 16.7 Å². The Labute approximate surface area is 125 Å². The number of aliphatic carboxylic acids is 1. The second kappa shape index (κ2) is 4.37. The van der Waals surface area contributed by atoms with E-state index >= 15 is 0 Å². The maximum atomic E-state index is 12.2. The highest BCUT2D eigenvalue weighted by Crippen LogP contribution is 2.66. The molecule has 21 heavy (non-hydrogen) atoms. The third kappa shape index (κ3) is 2.62. The number of urea groups is 1. The van der Waals surface area contributed by atoms with Crippen molar-refractivity contribution in [1.29, 1.82) is 0 Å². The summed E-state index contributed by atoms with van der Waals surface area (Å²) in [4.78, 5) is 23.0. The fourth-order valence-electron chi connectivity index (χ4n) is 6.12. The number of nitrogens with one attached hydrogen (secondary N) is 2. The largest absolute Gasteiger partial charge is 0.480 e. The van der Waals surface area contributed by atoms with Crippen molar-refractivity contribution in [2.75, 3.05) is 0 Å². The zero-order chi connectivity index (χ0) is 15.5. The zero-order valence-electron chi connectivity index (χ0n) is 13.2. The average Bonchev–Trinajstić information content (AvgIpc) is 2.21. The lowest BCUT2D eigenvalue weighted by molar-refractivity contribution is -0.138. The third-order valence-electron chi connectivity index (χ3n) is 5.72. The monoisotopic (exact) mass is 294 g/mol. The minimum Gasteiger partial charge on any atom is -0.480 e. The van der Waals surface area contributed by atoms with Gasteiger partial charge >= 0.3 is 12.0 Å². The molecular formula is C16H26N2O3. The standard InChI is InChI=1S/C16H26N2O3/c1-10(12(19)20)17-13(21)18-16-6-11-4-14(2,8-16)7-15(3,5-11)9-16/h10-11H,4-9H2,1-3H3,(H,19,20)(H2,17,18,21)/t10-,11?,14?,15?,16?/m1/s1. The van der Waals surface area contributed by atoms with Gasteiger partial charge in [0.2, 0.25) is 0 Å². The summed E-state index contributed by atoms with van der Waals surface area (Å²) in [5.41, 5.74) is 0.533. The fraction of sp³-hybridized carbons (Fsp3) is 0.875. The fourth-order valence-corrected chi connectivity index (χ4v) is 6.12. The third-order valence-corrected chi connectivity index (χ3v) is 5.72. The van der Waals surface area contributed by atoms with Crippen molar-refractivity contribution >= 4 is 12.0 Å². The van der Waals surface area contributed by atoms with Gasteiger partial charge in [0.15, 0.2) is 0 Å². The van der Waals surface area contributed by atoms with Crippen LogP contribution in [0, 0.1) is 16.7 Å². The van der Waals surface area contributed by atoms with Crippen LogP contribution in [0.25, 0.3) is 0 Å². The molecule has 4 bridgehead atoms. The number of rotatable bonds is 3. The number of hydrogen-bond acceptors (Lipinski definition) is 2. The van der Waals surface area contributed by atoms with Crippen LogP contribution >= 0.6 is 0 Å². The molecule has 5 heteroatoms. The molecule has 4 aliphatic rings. The highest BCUT2D eigenvalue weighted by atomic mass is 16.4. The van der Waals surface area contributed by atoms with Crippen molar-refractivity contribution in [3.05, 3.63) is 0 Å². The molecule has 0 aromatic heterocycles. The molecule has 0 spiro atoms. The summed E-state index contributed by atoms with van der Waals surface area (Å²) in [6.07, 6.45) is 6.92. The molecule has 4 saturated carbocycles. The lowest BCUT2D eigenvalue weighted by Crippen LogP contribution is -2.66. The highest BCUT2D eigenvalue weighted by molar-refractivity contribution is 5.82. The molecule has 0 aromatic rings. The van der Waals surface area contributed by atoms with Gasteiger partial charge in [0, 0.05) is 5.54 Å². The molecule has 118 valence electrons. The molecule has 5 nitrogen and oxygen atoms in total. The maximum Gasteiger partial charge on any atom is 0.325 e. The summed E-state index contributed by atoms with van der Waals surface area (Å²) >= 11 is 0. The quantitative estimate of drug-likeness (QED) is 0.748. The van der Waals surface area contributed by atoms with Gasteiger partial charge in [0.25, 0.3) is 0 Å². The van der Waals surface area contributed by atoms with Crippen molar-refractivity contribution in [3.63, 3.8) is 0 Å². The summed E-state index contributed by atoms with van der Waals surface area (Å²) < 4.78 is 0. The van der Waals surface area contributed by atoms with Crippen LogP contribution < -0.4 is 10.6 Å². The van der Waals surface area contributed by atoms with E-state index in [2.05, 4.69) is 24.5 Å². The van der Waals surface area contributed by atoms with Gasteiger partial charge in [0.05, 0.1) is 0 Å². The van der Waals surface area contributed by atoms with E-state index in [4.69, 9.17) is 5.11 Å². The van der Waals surface area contributed by atoms with Crippen LogP contribution in [0.5, 0.6) is 0 Å². The summed E-state index contributed by atoms with van der Waals surface area (Å²) in [5.74, 6) is -0.303. The lowest BCUT2D eigenvalue weighted by Gasteiger charge is -2.65. The molecule has 0 aromatic carbocycles. The van der Waals surface area contributed by atoms with Gasteiger partial charge in [-0.3, -0.25) is 4.79 Å². The normalized spacial score (nSPS) is 45.2. The van der Waals surface area contributed by atoms with Crippen molar-refractivity contribution < 1.29 is 14.7 Å². The van der Waals surface area contributed by atoms with Crippen LogP contribution in [0.15, 0.2) is 0 Å². The predicted molar refractivity (Wildman–Crippen MR) is 78.9 cm³/mol. The Morgan fingerprint density at radius 1 is 1.10 bits per heavy atom. The van der Waals surface area contributed by atoms with Gasteiger partial charge in [0.1, 0.15) is 6.04 Å². The van der Waals surface area contributed by atoms with Crippen molar-refractivity contribution in [2.45, 2.75) is 70.9 Å². The molecule has 2 unspecified atom stereocenters. The number of carboxylic acid groups (broad SMARTS) is 1. The second-order valence-corrected chi connectivity index (χ2v) is 8.57. The van der Waals surface area contributed by atoms with E-state index in [0.717, 1.165) is 19.3 Å². The number of carboxylic acids is 1. The number of carbonyl (C=O) groups excluding carboxylic acids is 1. The van der Waals surface area contributed by atoms with Gasteiger partial charge in [-0.1, -0.05) is 13.8 Å². The van der Waals surface area contributed by atoms with Gasteiger partial charge in [-0.25, -0.2) is 4.79 Å². The molecule has 3 atom stereocenters. The first kappa shape index (κ1) is 14.7. The average molecular weight is 294 g/mol. The summed E-state index contributed by atoms with van der Waals surface area (Å²) in [6.45, 7) is 6.19. The number of hydrogen-bond donors (Lipinski definition) is 3. The minimum absolute atomic E-state index is 0.134. The van der Waals surface area contributed by atoms with Gasteiger partial charge in [-0.05, 0) is 62.2 Å². The van der Waals surface area contributed by atoms with E-state index in [1.807, 2.05) is 0 Å². The molecular weight excluding hydrogens is 268 g/mol. The predicted octanol–water partition coefficient (Wildman–Crippen LogP) is 2.51. The molecule has 0 aliphatic heterocycles. The first-order valence-electron chi connectivity index (χ1n) is 7.94. The summed E-state index contributed by atoms with van der Waals surface area (Å²) in [6, 6.07) is -1.19. The second-order valence-electron chi connectivity index (χ2n) is 8.57. The van der Waals surface area contributed by atoms with Crippen LogP contribution in [-0.2, 0) is 4.79 Å². The molecule has 0 radical (unpaired) electrons. The van der Waals surface area contributed by atoms with E-state index in [-0.39, 0.29) is 11.6 Å². The highest BCUT2D eigenvalue weighted by Gasteiger charge is 2.60. The molecule has 2 amide bonds. The summed E-state index contributed by atoms with van der Waals surface area (Å²) in [7, 11) is 0. The van der Waals surface area contributed by atoms with Gasteiger partial charge in [-0.2, -0.15) is 0 Å². The Hall–Kier alpha value is -1.26. The SMILES string of the molecule is C[C@@H](NC(=O)NC12CC3CC(C)(CC(C)(C3)C1)C2)C(=O)O. The smallest absolute Gasteiger partial charge is 0.325 e. The van der Waals surface area contributed by atoms with Gasteiger partial charge in [-0.15, -0.1) is 0 Å². The van der Waals surface area contributed by atoms with E-state index in [9.17, 15) is 9.59 Å². The Bertz CT molecular complexity index is 472. The number of amides is 2. The Morgan fingerprint density at radius 3 is 2.14 bits per heavy atom. The molecule has 4 fully saturated rings. The van der Waals surface area contributed by atoms with Crippen molar-refractivity contribution in [1.82, 2.24) is 10.6 Å². The summed E-state index contributed by atoms with van der Waals surface area (Å²) in [5, 5.41) is 14.6. The van der Waals surface area contributed by atoms with E-state index in [1.54, 1.807) is 0 Å². The molecule has 3 N–H and O–H groups in total. The first-order valence-corrected chi connectivity index (χ1v) is 7.94. The molecule has 4 aliphatic carbocycles. The van der Waals surface area contributed by atoms with Crippen LogP contribution in [0.4, 0.5) is 4.79 Å². The molecule has 0 saturated heterocycles. The topological polar surface area (TPSA) is 78.4 Å². The van der Waals surface area contributed by atoms with Crippen LogP contribution in [0.3, 0.4) is 0 Å². The maximum absolute atomic E-state index is 12.2. The van der Waals surface area contributed by atoms with Crippen LogP contribution in [0.2, 0.25) is 0 Å². The Kier molecular flexibility index (Phi) is 3.05. The lowest BCUT2D eigenvalue weighted by atomic mass is 9.43. The molecule has 0 heterocycles. The van der Waals surface area contributed by atoms with Gasteiger partial charge < -0.3 is 15.7 Å². The first-order chi connectivity index (χ1) is 9.63. The van der Waals surface area contributed by atoms with Crippen molar-refractivity contribution in [2.24, 2.45) is 16.7 Å². The van der Waals surface area contributed by atoms with Crippen LogP contribution in [-0.4, -0.2) is 28.7 Å². The van der Waals surface area contributed by atoms with E-state index in [1.165, 1.54) is 26.2 Å². The van der Waals surface area contributed by atoms with E-state index < -0.39 is 12.0 Å².